The minimum absolute atomic E-state index is 0.455. The van der Waals surface area contributed by atoms with E-state index < -0.39 is 0 Å². The van der Waals surface area contributed by atoms with E-state index in [0.717, 1.165) is 18.1 Å². The molecule has 0 spiro atoms. The van der Waals surface area contributed by atoms with Gasteiger partial charge >= 0.3 is 0 Å². The van der Waals surface area contributed by atoms with E-state index >= 15 is 0 Å². The van der Waals surface area contributed by atoms with Crippen LogP contribution in [0.25, 0.3) is 0 Å². The van der Waals surface area contributed by atoms with Crippen molar-refractivity contribution in [2.24, 2.45) is 5.92 Å². The zero-order chi connectivity index (χ0) is 15.3. The van der Waals surface area contributed by atoms with Gasteiger partial charge < -0.3 is 10.2 Å². The number of anilines is 1. The molecule has 3 heteroatoms. The predicted octanol–water partition coefficient (Wildman–Crippen LogP) is 4.71. The Labute approximate surface area is 129 Å². The van der Waals surface area contributed by atoms with Crippen LogP contribution in [-0.2, 0) is 6.54 Å². The lowest BCUT2D eigenvalue weighted by atomic mass is 10.1. The van der Waals surface area contributed by atoms with E-state index in [1.807, 2.05) is 12.1 Å². The number of hydrogen-bond acceptors (Lipinski definition) is 2. The van der Waals surface area contributed by atoms with Crippen molar-refractivity contribution in [3.63, 3.8) is 0 Å². The van der Waals surface area contributed by atoms with Gasteiger partial charge in [-0.2, -0.15) is 0 Å². The van der Waals surface area contributed by atoms with Crippen molar-refractivity contribution in [3.8, 4) is 0 Å². The van der Waals surface area contributed by atoms with Crippen molar-refractivity contribution >= 4 is 17.3 Å². The van der Waals surface area contributed by atoms with Crippen LogP contribution in [0, 0.1) is 5.92 Å². The molecule has 2 nitrogen and oxygen atoms in total. The molecule has 1 rings (SSSR count). The summed E-state index contributed by atoms with van der Waals surface area (Å²) >= 11 is 6.43. The average Bonchev–Trinajstić information content (AvgIpc) is 2.33. The summed E-state index contributed by atoms with van der Waals surface area (Å²) in [5, 5.41) is 4.33. The molecule has 0 radical (unpaired) electrons. The number of nitrogens with zero attached hydrogens (tertiary/aromatic N) is 1. The minimum Gasteiger partial charge on any atom is -0.369 e. The first kappa shape index (κ1) is 17.3. The van der Waals surface area contributed by atoms with E-state index in [1.54, 1.807) is 0 Å². The molecule has 0 aliphatic rings. The largest absolute Gasteiger partial charge is 0.369 e. The Morgan fingerprint density at radius 3 is 2.25 bits per heavy atom. The second-order valence-corrected chi connectivity index (χ2v) is 6.82. The fraction of sp³-hybridized carbons (Fsp3) is 0.647. The normalized spacial score (nSPS) is 11.7. The molecule has 1 aromatic carbocycles. The molecule has 0 fully saturated rings. The van der Waals surface area contributed by atoms with Gasteiger partial charge in [-0.25, -0.2) is 0 Å². The Bertz CT molecular complexity index is 413. The Morgan fingerprint density at radius 2 is 1.75 bits per heavy atom. The summed E-state index contributed by atoms with van der Waals surface area (Å²) < 4.78 is 0. The van der Waals surface area contributed by atoms with Gasteiger partial charge in [0.2, 0.25) is 0 Å². The predicted molar refractivity (Wildman–Crippen MR) is 90.7 cm³/mol. The zero-order valence-electron chi connectivity index (χ0n) is 13.7. The van der Waals surface area contributed by atoms with E-state index in [1.165, 1.54) is 11.3 Å². The molecule has 0 unspecified atom stereocenters. The lowest BCUT2D eigenvalue weighted by molar-refractivity contribution is 0.560. The van der Waals surface area contributed by atoms with Gasteiger partial charge in [0.1, 0.15) is 0 Å². The lowest BCUT2D eigenvalue weighted by Gasteiger charge is -2.33. The summed E-state index contributed by atoms with van der Waals surface area (Å²) in [5.74, 6) is 0.627. The fourth-order valence-corrected chi connectivity index (χ4v) is 2.51. The smallest absolute Gasteiger partial charge is 0.0471 e. The van der Waals surface area contributed by atoms with Gasteiger partial charge in [-0.1, -0.05) is 45.4 Å². The summed E-state index contributed by atoms with van der Waals surface area (Å²) in [7, 11) is 0. The number of hydrogen-bond donors (Lipinski definition) is 1. The molecule has 0 amide bonds. The molecular weight excluding hydrogens is 268 g/mol. The third kappa shape index (κ3) is 4.99. The molecule has 0 aromatic heterocycles. The Balaban J connectivity index is 3.09. The lowest BCUT2D eigenvalue weighted by Crippen LogP contribution is -2.35. The molecule has 0 heterocycles. The molecule has 20 heavy (non-hydrogen) atoms. The first-order valence-corrected chi connectivity index (χ1v) is 7.98. The molecule has 0 saturated heterocycles. The maximum absolute atomic E-state index is 6.43. The van der Waals surface area contributed by atoms with Crippen LogP contribution in [0.4, 0.5) is 5.69 Å². The number of benzene rings is 1. The van der Waals surface area contributed by atoms with Crippen molar-refractivity contribution < 1.29 is 0 Å². The summed E-state index contributed by atoms with van der Waals surface area (Å²) in [5.41, 5.74) is 2.46. The van der Waals surface area contributed by atoms with Gasteiger partial charge in [-0.3, -0.25) is 0 Å². The number of nitrogens with one attached hydrogen (secondary N) is 1. The fourth-order valence-electron chi connectivity index (χ4n) is 2.28. The van der Waals surface area contributed by atoms with Crippen LogP contribution in [0.3, 0.4) is 0 Å². The molecule has 0 saturated carbocycles. The van der Waals surface area contributed by atoms with Gasteiger partial charge in [0, 0.05) is 41.4 Å². The second-order valence-electron chi connectivity index (χ2n) is 6.41. The SMILES string of the molecule is CC(C)CN(c1cccc(Cl)c1CNC(C)C)C(C)C. The quantitative estimate of drug-likeness (QED) is 0.784. The van der Waals surface area contributed by atoms with Crippen LogP contribution in [-0.4, -0.2) is 18.6 Å². The van der Waals surface area contributed by atoms with Crippen LogP contribution < -0.4 is 10.2 Å². The van der Waals surface area contributed by atoms with Crippen LogP contribution in [0.5, 0.6) is 0 Å². The Morgan fingerprint density at radius 1 is 1.10 bits per heavy atom. The molecule has 114 valence electrons. The molecule has 1 N–H and O–H groups in total. The first-order chi connectivity index (χ1) is 9.32. The van der Waals surface area contributed by atoms with Crippen molar-refractivity contribution in [3.05, 3.63) is 28.8 Å². The molecule has 1 aromatic rings. The van der Waals surface area contributed by atoms with Crippen molar-refractivity contribution in [2.45, 2.75) is 60.2 Å². The molecule has 0 bridgehead atoms. The number of halogens is 1. The second kappa shape index (κ2) is 7.90. The average molecular weight is 297 g/mol. The summed E-state index contributed by atoms with van der Waals surface area (Å²) in [4.78, 5) is 2.45. The summed E-state index contributed by atoms with van der Waals surface area (Å²) in [6.45, 7) is 15.2. The highest BCUT2D eigenvalue weighted by molar-refractivity contribution is 6.31. The van der Waals surface area contributed by atoms with Crippen LogP contribution in [0.1, 0.15) is 47.1 Å². The highest BCUT2D eigenvalue weighted by Gasteiger charge is 2.17. The highest BCUT2D eigenvalue weighted by atomic mass is 35.5. The van der Waals surface area contributed by atoms with Crippen LogP contribution in [0.2, 0.25) is 5.02 Å². The van der Waals surface area contributed by atoms with Gasteiger partial charge in [0.25, 0.3) is 0 Å². The zero-order valence-corrected chi connectivity index (χ0v) is 14.5. The number of rotatable bonds is 7. The summed E-state index contributed by atoms with van der Waals surface area (Å²) in [6.07, 6.45) is 0. The van der Waals surface area contributed by atoms with Crippen molar-refractivity contribution in [1.82, 2.24) is 5.32 Å². The van der Waals surface area contributed by atoms with Crippen molar-refractivity contribution in [1.29, 1.82) is 0 Å². The third-order valence-electron chi connectivity index (χ3n) is 3.28. The van der Waals surface area contributed by atoms with Gasteiger partial charge in [-0.15, -0.1) is 0 Å². The Kier molecular flexibility index (Phi) is 6.84. The van der Waals surface area contributed by atoms with Crippen molar-refractivity contribution in [2.75, 3.05) is 11.4 Å². The van der Waals surface area contributed by atoms with E-state index in [2.05, 4.69) is 57.8 Å². The van der Waals surface area contributed by atoms with E-state index in [0.29, 0.717) is 18.0 Å². The van der Waals surface area contributed by atoms with Gasteiger partial charge in [0.15, 0.2) is 0 Å². The summed E-state index contributed by atoms with van der Waals surface area (Å²) in [6, 6.07) is 7.14. The van der Waals surface area contributed by atoms with E-state index in [-0.39, 0.29) is 0 Å². The standard InChI is InChI=1S/C17H29ClN2/c1-12(2)11-20(14(5)6)17-9-7-8-16(18)15(17)10-19-13(3)4/h7-9,12-14,19H,10-11H2,1-6H3. The molecule has 0 atom stereocenters. The molecular formula is C17H29ClN2. The van der Waals surface area contributed by atoms with Crippen LogP contribution >= 0.6 is 11.6 Å². The topological polar surface area (TPSA) is 15.3 Å². The maximum Gasteiger partial charge on any atom is 0.0471 e. The minimum atomic E-state index is 0.455. The molecule has 0 aliphatic carbocycles. The highest BCUT2D eigenvalue weighted by Crippen LogP contribution is 2.29. The van der Waals surface area contributed by atoms with Gasteiger partial charge in [0.05, 0.1) is 0 Å². The maximum atomic E-state index is 6.43. The first-order valence-electron chi connectivity index (χ1n) is 7.60. The van der Waals surface area contributed by atoms with E-state index in [9.17, 15) is 0 Å². The van der Waals surface area contributed by atoms with E-state index in [4.69, 9.17) is 11.6 Å². The van der Waals surface area contributed by atoms with Gasteiger partial charge in [-0.05, 0) is 31.9 Å². The molecule has 0 aliphatic heterocycles. The van der Waals surface area contributed by atoms with Crippen LogP contribution in [0.15, 0.2) is 18.2 Å². The monoisotopic (exact) mass is 296 g/mol. The Hall–Kier alpha value is -0.730. The third-order valence-corrected chi connectivity index (χ3v) is 3.63.